The van der Waals surface area contributed by atoms with Crippen LogP contribution in [0.15, 0.2) is 25.5 Å². The summed E-state index contributed by atoms with van der Waals surface area (Å²) < 4.78 is 4.17. The molecule has 0 aliphatic rings. The van der Waals surface area contributed by atoms with Crippen molar-refractivity contribution >= 4 is 5.97 Å². The summed E-state index contributed by atoms with van der Waals surface area (Å²) in [4.78, 5) is 9.75. The zero-order valence-corrected chi connectivity index (χ0v) is 6.04. The Morgan fingerprint density at radius 1 is 1.70 bits per heavy atom. The minimum atomic E-state index is -0.329. The van der Waals surface area contributed by atoms with Crippen LogP contribution in [-0.4, -0.2) is 17.7 Å². The standard InChI is InChI=1S/C4H6O2.C3H6O/c1-3-6-4(2)5;1-2-3-4/h3H,1H2,2H3;2,4H,1,3H2. The van der Waals surface area contributed by atoms with Crippen LogP contribution in [0.4, 0.5) is 0 Å². The van der Waals surface area contributed by atoms with Crippen molar-refractivity contribution in [1.29, 1.82) is 0 Å². The third-order valence-corrected chi connectivity index (χ3v) is 0.378. The number of aliphatic hydroxyl groups excluding tert-OH is 1. The predicted octanol–water partition coefficient (Wildman–Crippen LogP) is 0.858. The van der Waals surface area contributed by atoms with Crippen LogP contribution >= 0.6 is 0 Å². The second-order valence-corrected chi connectivity index (χ2v) is 1.25. The first-order chi connectivity index (χ1) is 4.68. The van der Waals surface area contributed by atoms with Crippen molar-refractivity contribution in [3.63, 3.8) is 0 Å². The third kappa shape index (κ3) is 28.5. The molecular weight excluding hydrogens is 132 g/mol. The molecular formula is C7H12O3. The van der Waals surface area contributed by atoms with E-state index < -0.39 is 0 Å². The number of carbonyl (C=O) groups excluding carboxylic acids is 1. The largest absolute Gasteiger partial charge is 0.435 e. The first kappa shape index (κ1) is 11.7. The van der Waals surface area contributed by atoms with Crippen molar-refractivity contribution in [3.8, 4) is 0 Å². The molecule has 0 rings (SSSR count). The lowest BCUT2D eigenvalue weighted by Gasteiger charge is -1.83. The molecule has 10 heavy (non-hydrogen) atoms. The average Bonchev–Trinajstić information content (AvgIpc) is 1.89. The van der Waals surface area contributed by atoms with Crippen LogP contribution in [0.5, 0.6) is 0 Å². The lowest BCUT2D eigenvalue weighted by atomic mass is 10.7. The monoisotopic (exact) mass is 144 g/mol. The van der Waals surface area contributed by atoms with Gasteiger partial charge in [0, 0.05) is 6.92 Å². The van der Waals surface area contributed by atoms with Gasteiger partial charge in [-0.05, 0) is 0 Å². The molecule has 3 heteroatoms. The number of hydrogen-bond acceptors (Lipinski definition) is 3. The fraction of sp³-hybridized carbons (Fsp3) is 0.286. The third-order valence-electron chi connectivity index (χ3n) is 0.378. The van der Waals surface area contributed by atoms with Gasteiger partial charge in [-0.3, -0.25) is 4.79 Å². The summed E-state index contributed by atoms with van der Waals surface area (Å²) in [5.41, 5.74) is 0. The fourth-order valence-corrected chi connectivity index (χ4v) is 0.117. The van der Waals surface area contributed by atoms with Gasteiger partial charge in [0.25, 0.3) is 0 Å². The van der Waals surface area contributed by atoms with Crippen LogP contribution in [0.2, 0.25) is 0 Å². The average molecular weight is 144 g/mol. The molecule has 0 aromatic carbocycles. The Kier molecular flexibility index (Phi) is 12.6. The van der Waals surface area contributed by atoms with Gasteiger partial charge in [-0.1, -0.05) is 12.7 Å². The minimum absolute atomic E-state index is 0.0833. The highest BCUT2D eigenvalue weighted by atomic mass is 16.5. The molecule has 0 saturated carbocycles. The topological polar surface area (TPSA) is 46.5 Å². The van der Waals surface area contributed by atoms with Crippen LogP contribution in [0, 0.1) is 0 Å². The molecule has 0 aliphatic heterocycles. The Labute approximate surface area is 60.6 Å². The van der Waals surface area contributed by atoms with Gasteiger partial charge in [0.05, 0.1) is 12.9 Å². The molecule has 0 amide bonds. The molecule has 0 saturated heterocycles. The Morgan fingerprint density at radius 2 is 2.10 bits per heavy atom. The summed E-state index contributed by atoms with van der Waals surface area (Å²) in [6.45, 7) is 7.79. The molecule has 1 N–H and O–H groups in total. The highest BCUT2D eigenvalue weighted by Crippen LogP contribution is 1.70. The summed E-state index contributed by atoms with van der Waals surface area (Å²) in [6.07, 6.45) is 2.53. The Balaban J connectivity index is 0. The second-order valence-electron chi connectivity index (χ2n) is 1.25. The molecule has 58 valence electrons. The highest BCUT2D eigenvalue weighted by molar-refractivity contribution is 5.66. The van der Waals surface area contributed by atoms with Gasteiger partial charge in [0.15, 0.2) is 0 Å². The number of esters is 1. The molecule has 0 atom stereocenters. The quantitative estimate of drug-likeness (QED) is 0.355. The number of carbonyl (C=O) groups is 1. The van der Waals surface area contributed by atoms with Crippen LogP contribution in [0.25, 0.3) is 0 Å². The molecule has 0 fully saturated rings. The van der Waals surface area contributed by atoms with Crippen LogP contribution in [0.3, 0.4) is 0 Å². The van der Waals surface area contributed by atoms with Gasteiger partial charge in [-0.15, -0.1) is 6.58 Å². The van der Waals surface area contributed by atoms with E-state index in [1.165, 1.54) is 13.0 Å². The van der Waals surface area contributed by atoms with Crippen molar-refractivity contribution in [3.05, 3.63) is 25.5 Å². The molecule has 0 unspecified atom stereocenters. The Morgan fingerprint density at radius 3 is 2.10 bits per heavy atom. The van der Waals surface area contributed by atoms with E-state index in [0.717, 1.165) is 6.26 Å². The molecule has 0 radical (unpaired) electrons. The Bertz CT molecular complexity index is 107. The number of hydrogen-bond donors (Lipinski definition) is 1. The highest BCUT2D eigenvalue weighted by Gasteiger charge is 1.79. The molecule has 0 spiro atoms. The molecule has 0 heterocycles. The van der Waals surface area contributed by atoms with E-state index in [0.29, 0.717) is 0 Å². The van der Waals surface area contributed by atoms with Gasteiger partial charge in [-0.25, -0.2) is 0 Å². The maximum atomic E-state index is 9.75. The van der Waals surface area contributed by atoms with E-state index in [1.54, 1.807) is 0 Å². The summed E-state index contributed by atoms with van der Waals surface area (Å²) in [6, 6.07) is 0. The van der Waals surface area contributed by atoms with Crippen LogP contribution in [0.1, 0.15) is 6.92 Å². The van der Waals surface area contributed by atoms with E-state index >= 15 is 0 Å². The van der Waals surface area contributed by atoms with Gasteiger partial charge in [0.1, 0.15) is 0 Å². The summed E-state index contributed by atoms with van der Waals surface area (Å²) in [7, 11) is 0. The van der Waals surface area contributed by atoms with Crippen LogP contribution in [-0.2, 0) is 9.53 Å². The summed E-state index contributed by atoms with van der Waals surface area (Å²) in [5, 5.41) is 7.76. The van der Waals surface area contributed by atoms with E-state index in [2.05, 4.69) is 17.9 Å². The predicted molar refractivity (Wildman–Crippen MR) is 39.2 cm³/mol. The molecule has 0 aromatic heterocycles. The molecule has 0 aliphatic carbocycles. The SMILES string of the molecule is C=CCO.C=COC(C)=O. The van der Waals surface area contributed by atoms with E-state index in [1.807, 2.05) is 0 Å². The summed E-state index contributed by atoms with van der Waals surface area (Å²) >= 11 is 0. The van der Waals surface area contributed by atoms with Gasteiger partial charge >= 0.3 is 5.97 Å². The number of ether oxygens (including phenoxy) is 1. The smallest absolute Gasteiger partial charge is 0.307 e. The zero-order valence-electron chi connectivity index (χ0n) is 6.04. The van der Waals surface area contributed by atoms with Crippen molar-refractivity contribution < 1.29 is 14.6 Å². The Hall–Kier alpha value is -1.09. The van der Waals surface area contributed by atoms with Crippen LogP contribution < -0.4 is 0 Å². The van der Waals surface area contributed by atoms with Crippen molar-refractivity contribution in [1.82, 2.24) is 0 Å². The maximum Gasteiger partial charge on any atom is 0.307 e. The number of rotatable bonds is 2. The fourth-order valence-electron chi connectivity index (χ4n) is 0.117. The lowest BCUT2D eigenvalue weighted by Crippen LogP contribution is -1.87. The van der Waals surface area contributed by atoms with E-state index in [9.17, 15) is 4.79 Å². The molecule has 0 bridgehead atoms. The summed E-state index contributed by atoms with van der Waals surface area (Å²) in [5.74, 6) is -0.329. The second kappa shape index (κ2) is 10.8. The van der Waals surface area contributed by atoms with Crippen molar-refractivity contribution in [2.24, 2.45) is 0 Å². The van der Waals surface area contributed by atoms with Crippen molar-refractivity contribution in [2.75, 3.05) is 6.61 Å². The molecule has 3 nitrogen and oxygen atoms in total. The molecule has 0 aromatic rings. The normalized spacial score (nSPS) is 6.60. The first-order valence-corrected chi connectivity index (χ1v) is 2.68. The van der Waals surface area contributed by atoms with Gasteiger partial charge in [0.2, 0.25) is 0 Å². The zero-order chi connectivity index (χ0) is 8.41. The van der Waals surface area contributed by atoms with Crippen molar-refractivity contribution in [2.45, 2.75) is 6.92 Å². The number of aliphatic hydroxyl groups is 1. The lowest BCUT2D eigenvalue weighted by molar-refractivity contribution is -0.135. The van der Waals surface area contributed by atoms with E-state index in [4.69, 9.17) is 5.11 Å². The first-order valence-electron chi connectivity index (χ1n) is 2.68. The minimum Gasteiger partial charge on any atom is -0.435 e. The van der Waals surface area contributed by atoms with Gasteiger partial charge < -0.3 is 9.84 Å². The van der Waals surface area contributed by atoms with Gasteiger partial charge in [-0.2, -0.15) is 0 Å². The maximum absolute atomic E-state index is 9.75. The van der Waals surface area contributed by atoms with E-state index in [-0.39, 0.29) is 12.6 Å².